The number of hydrogen-bond donors (Lipinski definition) is 1. The van der Waals surface area contributed by atoms with Crippen LogP contribution in [-0.2, 0) is 12.6 Å². The molecule has 0 fully saturated rings. The summed E-state index contributed by atoms with van der Waals surface area (Å²) in [5, 5.41) is 8.72. The molecule has 0 spiro atoms. The molecule has 3 nitrogen and oxygen atoms in total. The summed E-state index contributed by atoms with van der Waals surface area (Å²) in [4.78, 5) is 3.98. The Morgan fingerprint density at radius 3 is 2.38 bits per heavy atom. The number of oxazole rings is 1. The molecular formula is C15H16F3NO2. The number of aliphatic hydroxyl groups excluding tert-OH is 1. The number of unbranched alkanes of at least 4 members (excludes halogenated alkanes) is 1. The van der Waals surface area contributed by atoms with E-state index in [2.05, 4.69) is 4.98 Å². The summed E-state index contributed by atoms with van der Waals surface area (Å²) in [6.45, 7) is 1.84. The van der Waals surface area contributed by atoms with Crippen LogP contribution in [0.1, 0.15) is 29.9 Å². The highest BCUT2D eigenvalue weighted by molar-refractivity contribution is 5.54. The highest BCUT2D eigenvalue weighted by atomic mass is 19.4. The maximum absolute atomic E-state index is 13.0. The van der Waals surface area contributed by atoms with E-state index in [0.29, 0.717) is 18.4 Å². The molecule has 0 aliphatic rings. The zero-order valence-corrected chi connectivity index (χ0v) is 11.6. The van der Waals surface area contributed by atoms with E-state index in [1.165, 1.54) is 0 Å². The van der Waals surface area contributed by atoms with Crippen molar-refractivity contribution in [2.75, 3.05) is 6.61 Å². The van der Waals surface area contributed by atoms with E-state index in [-0.39, 0.29) is 24.6 Å². The van der Waals surface area contributed by atoms with E-state index in [4.69, 9.17) is 9.52 Å². The lowest BCUT2D eigenvalue weighted by Crippen LogP contribution is -2.07. The van der Waals surface area contributed by atoms with Gasteiger partial charge >= 0.3 is 6.18 Å². The molecule has 1 N–H and O–H groups in total. The average molecular weight is 299 g/mol. The highest BCUT2D eigenvalue weighted by Crippen LogP contribution is 2.35. The molecule has 1 aromatic heterocycles. The van der Waals surface area contributed by atoms with Crippen LogP contribution in [-0.4, -0.2) is 16.7 Å². The Bertz CT molecular complexity index is 588. The number of aliphatic hydroxyl groups is 1. The quantitative estimate of drug-likeness (QED) is 0.849. The molecule has 0 bridgehead atoms. The molecule has 0 saturated carbocycles. The van der Waals surface area contributed by atoms with Crippen molar-refractivity contribution in [1.82, 2.24) is 4.98 Å². The highest BCUT2D eigenvalue weighted by Gasteiger charge is 2.39. The van der Waals surface area contributed by atoms with E-state index in [1.807, 2.05) is 6.92 Å². The standard InChI is InChI=1S/C15H16F3NO2/c1-10-5-7-11(8-6-10)14-19-12(4-2-3-9-20)13(21-14)15(16,17)18/h5-8,20H,2-4,9H2,1H3. The Morgan fingerprint density at radius 1 is 1.14 bits per heavy atom. The van der Waals surface area contributed by atoms with Crippen molar-refractivity contribution < 1.29 is 22.7 Å². The van der Waals surface area contributed by atoms with Crippen molar-refractivity contribution in [2.45, 2.75) is 32.4 Å². The second-order valence-electron chi connectivity index (χ2n) is 4.84. The fraction of sp³-hybridized carbons (Fsp3) is 0.400. The predicted octanol–water partition coefficient (Wildman–Crippen LogP) is 3.98. The van der Waals surface area contributed by atoms with E-state index in [1.54, 1.807) is 24.3 Å². The molecule has 0 aliphatic heterocycles. The maximum Gasteiger partial charge on any atom is 0.451 e. The molecule has 0 radical (unpaired) electrons. The summed E-state index contributed by atoms with van der Waals surface area (Å²) in [5.41, 5.74) is 1.41. The number of aryl methyl sites for hydroxylation is 2. The summed E-state index contributed by atoms with van der Waals surface area (Å²) in [6, 6.07) is 6.94. The van der Waals surface area contributed by atoms with Gasteiger partial charge in [-0.1, -0.05) is 17.7 Å². The van der Waals surface area contributed by atoms with Gasteiger partial charge in [0.2, 0.25) is 11.7 Å². The first kappa shape index (κ1) is 15.6. The Morgan fingerprint density at radius 2 is 1.81 bits per heavy atom. The first-order valence-corrected chi connectivity index (χ1v) is 6.66. The molecule has 0 atom stereocenters. The van der Waals surface area contributed by atoms with Crippen molar-refractivity contribution in [1.29, 1.82) is 0 Å². The number of alkyl halides is 3. The third-order valence-corrected chi connectivity index (χ3v) is 3.08. The topological polar surface area (TPSA) is 46.3 Å². The second kappa shape index (κ2) is 6.30. The van der Waals surface area contributed by atoms with Gasteiger partial charge in [-0.25, -0.2) is 4.98 Å². The van der Waals surface area contributed by atoms with Crippen LogP contribution in [0, 0.1) is 6.92 Å². The van der Waals surface area contributed by atoms with Gasteiger partial charge in [-0.2, -0.15) is 13.2 Å². The van der Waals surface area contributed by atoms with Gasteiger partial charge in [-0.3, -0.25) is 0 Å². The molecule has 21 heavy (non-hydrogen) atoms. The largest absolute Gasteiger partial charge is 0.451 e. The smallest absolute Gasteiger partial charge is 0.431 e. The molecule has 2 rings (SSSR count). The van der Waals surface area contributed by atoms with Gasteiger partial charge in [-0.05, 0) is 38.3 Å². The minimum absolute atomic E-state index is 0.0266. The van der Waals surface area contributed by atoms with Crippen LogP contribution in [0.4, 0.5) is 13.2 Å². The molecule has 1 aromatic carbocycles. The van der Waals surface area contributed by atoms with Crippen LogP contribution in [0.3, 0.4) is 0 Å². The zero-order chi connectivity index (χ0) is 15.5. The van der Waals surface area contributed by atoms with Gasteiger partial charge in [0.1, 0.15) is 0 Å². The predicted molar refractivity (Wildman–Crippen MR) is 71.7 cm³/mol. The fourth-order valence-corrected chi connectivity index (χ4v) is 1.97. The molecule has 0 amide bonds. The van der Waals surface area contributed by atoms with Crippen LogP contribution in [0.15, 0.2) is 28.7 Å². The molecule has 0 aliphatic carbocycles. The number of aromatic nitrogens is 1. The normalized spacial score (nSPS) is 11.9. The van der Waals surface area contributed by atoms with Crippen molar-refractivity contribution in [3.8, 4) is 11.5 Å². The lowest BCUT2D eigenvalue weighted by molar-refractivity contribution is -0.153. The summed E-state index contributed by atoms with van der Waals surface area (Å²) in [7, 11) is 0. The number of hydrogen-bond acceptors (Lipinski definition) is 3. The van der Waals surface area contributed by atoms with E-state index < -0.39 is 11.9 Å². The molecule has 0 unspecified atom stereocenters. The third-order valence-electron chi connectivity index (χ3n) is 3.08. The number of benzene rings is 1. The number of rotatable bonds is 5. The Hall–Kier alpha value is -1.82. The maximum atomic E-state index is 13.0. The Labute approximate surface area is 120 Å². The van der Waals surface area contributed by atoms with Crippen LogP contribution in [0.5, 0.6) is 0 Å². The van der Waals surface area contributed by atoms with Crippen molar-refractivity contribution >= 4 is 0 Å². The van der Waals surface area contributed by atoms with Gasteiger partial charge in [0.15, 0.2) is 0 Å². The Balaban J connectivity index is 2.33. The van der Waals surface area contributed by atoms with E-state index >= 15 is 0 Å². The van der Waals surface area contributed by atoms with Gasteiger partial charge in [0.25, 0.3) is 0 Å². The monoisotopic (exact) mass is 299 g/mol. The molecule has 1 heterocycles. The first-order valence-electron chi connectivity index (χ1n) is 6.66. The van der Waals surface area contributed by atoms with Crippen LogP contribution >= 0.6 is 0 Å². The zero-order valence-electron chi connectivity index (χ0n) is 11.6. The van der Waals surface area contributed by atoms with Crippen LogP contribution in [0.25, 0.3) is 11.5 Å². The fourth-order valence-electron chi connectivity index (χ4n) is 1.97. The first-order chi connectivity index (χ1) is 9.91. The molecule has 114 valence electrons. The lowest BCUT2D eigenvalue weighted by Gasteiger charge is -2.04. The summed E-state index contributed by atoms with van der Waals surface area (Å²) in [5.74, 6) is -1.07. The third kappa shape index (κ3) is 3.85. The summed E-state index contributed by atoms with van der Waals surface area (Å²) < 4.78 is 43.8. The Kier molecular flexibility index (Phi) is 4.67. The molecule has 6 heteroatoms. The molecule has 0 saturated heterocycles. The SMILES string of the molecule is Cc1ccc(-c2nc(CCCCO)c(C(F)(F)F)o2)cc1. The summed E-state index contributed by atoms with van der Waals surface area (Å²) in [6.07, 6.45) is -3.57. The van der Waals surface area contributed by atoms with Crippen molar-refractivity contribution in [2.24, 2.45) is 0 Å². The number of nitrogens with zero attached hydrogens (tertiary/aromatic N) is 1. The van der Waals surface area contributed by atoms with Gasteiger partial charge in [0, 0.05) is 12.2 Å². The molecule has 2 aromatic rings. The van der Waals surface area contributed by atoms with Gasteiger partial charge < -0.3 is 9.52 Å². The van der Waals surface area contributed by atoms with Crippen molar-refractivity contribution in [3.05, 3.63) is 41.3 Å². The van der Waals surface area contributed by atoms with Gasteiger partial charge in [0.05, 0.1) is 5.69 Å². The van der Waals surface area contributed by atoms with Crippen LogP contribution in [0.2, 0.25) is 0 Å². The van der Waals surface area contributed by atoms with Gasteiger partial charge in [-0.15, -0.1) is 0 Å². The second-order valence-corrected chi connectivity index (χ2v) is 4.84. The summed E-state index contributed by atoms with van der Waals surface area (Å²) >= 11 is 0. The average Bonchev–Trinajstić information content (AvgIpc) is 2.84. The minimum Gasteiger partial charge on any atom is -0.431 e. The van der Waals surface area contributed by atoms with Crippen molar-refractivity contribution in [3.63, 3.8) is 0 Å². The van der Waals surface area contributed by atoms with Crippen LogP contribution < -0.4 is 0 Å². The number of halogens is 3. The minimum atomic E-state index is -4.56. The van der Waals surface area contributed by atoms with E-state index in [0.717, 1.165) is 5.56 Å². The molecular weight excluding hydrogens is 283 g/mol. The lowest BCUT2D eigenvalue weighted by atomic mass is 10.1. The van der Waals surface area contributed by atoms with E-state index in [9.17, 15) is 13.2 Å².